The second-order valence-corrected chi connectivity index (χ2v) is 3.89. The van der Waals surface area contributed by atoms with Crippen molar-refractivity contribution in [2.45, 2.75) is 6.92 Å². The molecule has 72 valence electrons. The first-order valence-electron chi connectivity index (χ1n) is 4.18. The summed E-state index contributed by atoms with van der Waals surface area (Å²) >= 11 is 3.43. The number of aromatic nitrogens is 2. The maximum absolute atomic E-state index is 5.21. The fourth-order valence-corrected chi connectivity index (χ4v) is 1.79. The summed E-state index contributed by atoms with van der Waals surface area (Å²) in [5.41, 5.74) is 1.93. The summed E-state index contributed by atoms with van der Waals surface area (Å²) in [6, 6.07) is 3.93. The normalized spacial score (nSPS) is 10.5. The van der Waals surface area contributed by atoms with Gasteiger partial charge in [-0.3, -0.25) is 0 Å². The lowest BCUT2D eigenvalue weighted by atomic mass is 10.1. The van der Waals surface area contributed by atoms with Crippen LogP contribution in [0.2, 0.25) is 0 Å². The second-order valence-electron chi connectivity index (χ2n) is 3.03. The third-order valence-corrected chi connectivity index (χ3v) is 2.74. The highest BCUT2D eigenvalue weighted by molar-refractivity contribution is 9.10. The Kier molecular flexibility index (Phi) is 2.37. The van der Waals surface area contributed by atoms with Gasteiger partial charge in [-0.1, -0.05) is 0 Å². The molecule has 2 aromatic rings. The van der Waals surface area contributed by atoms with Gasteiger partial charge in [0, 0.05) is 15.9 Å². The molecule has 0 fully saturated rings. The van der Waals surface area contributed by atoms with Crippen LogP contribution in [-0.4, -0.2) is 17.3 Å². The summed E-state index contributed by atoms with van der Waals surface area (Å²) in [5, 5.41) is 8.95. The highest BCUT2D eigenvalue weighted by Crippen LogP contribution is 2.27. The average molecular weight is 253 g/mol. The van der Waals surface area contributed by atoms with Gasteiger partial charge in [0.15, 0.2) is 0 Å². The van der Waals surface area contributed by atoms with E-state index in [1.807, 2.05) is 19.1 Å². The van der Waals surface area contributed by atoms with Gasteiger partial charge in [0.2, 0.25) is 0 Å². The lowest BCUT2D eigenvalue weighted by molar-refractivity contribution is 0.412. The van der Waals surface area contributed by atoms with Gasteiger partial charge < -0.3 is 4.74 Å². The molecule has 0 spiro atoms. The molecule has 0 unspecified atom stereocenters. The Hall–Kier alpha value is -1.16. The largest absolute Gasteiger partial charge is 0.496 e. The molecule has 1 aromatic carbocycles. The first kappa shape index (κ1) is 9.40. The van der Waals surface area contributed by atoms with Gasteiger partial charge >= 0.3 is 0 Å². The number of fused-ring (bicyclic) bond motifs is 1. The van der Waals surface area contributed by atoms with Crippen molar-refractivity contribution in [3.05, 3.63) is 28.4 Å². The minimum absolute atomic E-state index is 0.835. The van der Waals surface area contributed by atoms with Crippen molar-refractivity contribution in [3.63, 3.8) is 0 Å². The van der Waals surface area contributed by atoms with Gasteiger partial charge in [-0.25, -0.2) is 0 Å². The number of aryl methyl sites for hydroxylation is 1. The smallest absolute Gasteiger partial charge is 0.124 e. The van der Waals surface area contributed by atoms with Gasteiger partial charge in [0.05, 0.1) is 18.8 Å². The Balaban J connectivity index is 2.79. The first-order valence-corrected chi connectivity index (χ1v) is 4.97. The van der Waals surface area contributed by atoms with Gasteiger partial charge in [-0.05, 0) is 34.5 Å². The standard InChI is InChI=1S/C10H9BrN2O/c1-6-3-7-8(11)5-12-13-9(7)4-10(6)14-2/h3-5H,1-2H3. The van der Waals surface area contributed by atoms with E-state index in [4.69, 9.17) is 4.74 Å². The zero-order chi connectivity index (χ0) is 10.1. The van der Waals surface area contributed by atoms with Crippen LogP contribution < -0.4 is 4.74 Å². The van der Waals surface area contributed by atoms with Gasteiger partial charge in [0.1, 0.15) is 5.75 Å². The zero-order valence-corrected chi connectivity index (χ0v) is 9.50. The van der Waals surface area contributed by atoms with Gasteiger partial charge in [-0.2, -0.15) is 10.2 Å². The molecule has 0 atom stereocenters. The van der Waals surface area contributed by atoms with Crippen LogP contribution in [-0.2, 0) is 0 Å². The van der Waals surface area contributed by atoms with Crippen LogP contribution in [0.1, 0.15) is 5.56 Å². The Morgan fingerprint density at radius 1 is 1.36 bits per heavy atom. The van der Waals surface area contributed by atoms with E-state index in [-0.39, 0.29) is 0 Å². The lowest BCUT2D eigenvalue weighted by Crippen LogP contribution is -1.90. The predicted octanol–water partition coefficient (Wildman–Crippen LogP) is 2.71. The molecular formula is C10H9BrN2O. The van der Waals surface area contributed by atoms with Gasteiger partial charge in [0.25, 0.3) is 0 Å². The number of methoxy groups -OCH3 is 1. The van der Waals surface area contributed by atoms with E-state index in [9.17, 15) is 0 Å². The number of benzene rings is 1. The van der Waals surface area contributed by atoms with Crippen LogP contribution >= 0.6 is 15.9 Å². The highest BCUT2D eigenvalue weighted by Gasteiger charge is 2.05. The zero-order valence-electron chi connectivity index (χ0n) is 7.91. The van der Waals surface area contributed by atoms with E-state index in [2.05, 4.69) is 26.1 Å². The van der Waals surface area contributed by atoms with Crippen molar-refractivity contribution in [1.82, 2.24) is 10.2 Å². The van der Waals surface area contributed by atoms with E-state index in [0.29, 0.717) is 0 Å². The Morgan fingerprint density at radius 2 is 2.14 bits per heavy atom. The van der Waals surface area contributed by atoms with Crippen molar-refractivity contribution in [2.24, 2.45) is 0 Å². The molecule has 0 saturated heterocycles. The van der Waals surface area contributed by atoms with Crippen molar-refractivity contribution in [1.29, 1.82) is 0 Å². The van der Waals surface area contributed by atoms with E-state index >= 15 is 0 Å². The Morgan fingerprint density at radius 3 is 2.86 bits per heavy atom. The van der Waals surface area contributed by atoms with E-state index in [1.54, 1.807) is 13.3 Å². The third kappa shape index (κ3) is 1.46. The summed E-state index contributed by atoms with van der Waals surface area (Å²) in [6.07, 6.45) is 1.69. The van der Waals surface area contributed by atoms with Crippen LogP contribution in [0.15, 0.2) is 22.8 Å². The van der Waals surface area contributed by atoms with Crippen molar-refractivity contribution in [2.75, 3.05) is 7.11 Å². The minimum Gasteiger partial charge on any atom is -0.496 e. The monoisotopic (exact) mass is 252 g/mol. The molecule has 0 amide bonds. The average Bonchev–Trinajstić information content (AvgIpc) is 2.19. The summed E-state index contributed by atoms with van der Waals surface area (Å²) < 4.78 is 6.16. The predicted molar refractivity (Wildman–Crippen MR) is 58.5 cm³/mol. The van der Waals surface area contributed by atoms with Crippen molar-refractivity contribution in [3.8, 4) is 5.75 Å². The molecule has 1 heterocycles. The quantitative estimate of drug-likeness (QED) is 0.783. The molecule has 0 aliphatic heterocycles. The van der Waals surface area contributed by atoms with E-state index < -0.39 is 0 Å². The SMILES string of the molecule is COc1cc2nncc(Br)c2cc1C. The molecule has 4 heteroatoms. The number of ether oxygens (including phenoxy) is 1. The number of rotatable bonds is 1. The van der Waals surface area contributed by atoms with Crippen LogP contribution in [0.5, 0.6) is 5.75 Å². The summed E-state index contributed by atoms with van der Waals surface area (Å²) in [6.45, 7) is 2.01. The first-order chi connectivity index (χ1) is 6.72. The fraction of sp³-hybridized carbons (Fsp3) is 0.200. The maximum Gasteiger partial charge on any atom is 0.124 e. The number of hydrogen-bond acceptors (Lipinski definition) is 3. The molecule has 3 nitrogen and oxygen atoms in total. The Bertz CT molecular complexity index is 485. The van der Waals surface area contributed by atoms with Crippen LogP contribution in [0, 0.1) is 6.92 Å². The number of halogens is 1. The Labute approximate surface area is 90.2 Å². The van der Waals surface area contributed by atoms with Crippen molar-refractivity contribution < 1.29 is 4.74 Å². The van der Waals surface area contributed by atoms with E-state index in [0.717, 1.165) is 26.7 Å². The molecule has 0 aliphatic rings. The topological polar surface area (TPSA) is 35.0 Å². The molecular weight excluding hydrogens is 244 g/mol. The highest BCUT2D eigenvalue weighted by atomic mass is 79.9. The molecule has 0 radical (unpaired) electrons. The fourth-order valence-electron chi connectivity index (χ4n) is 1.38. The molecule has 14 heavy (non-hydrogen) atoms. The third-order valence-electron chi connectivity index (χ3n) is 2.11. The molecule has 0 bridgehead atoms. The van der Waals surface area contributed by atoms with Crippen molar-refractivity contribution >= 4 is 26.8 Å². The lowest BCUT2D eigenvalue weighted by Gasteiger charge is -2.06. The molecule has 0 N–H and O–H groups in total. The molecule has 0 aliphatic carbocycles. The maximum atomic E-state index is 5.21. The minimum atomic E-state index is 0.835. The summed E-state index contributed by atoms with van der Waals surface area (Å²) in [4.78, 5) is 0. The van der Waals surface area contributed by atoms with Gasteiger partial charge in [-0.15, -0.1) is 0 Å². The molecule has 1 aromatic heterocycles. The summed E-state index contributed by atoms with van der Waals surface area (Å²) in [7, 11) is 1.65. The molecule has 2 rings (SSSR count). The summed E-state index contributed by atoms with van der Waals surface area (Å²) in [5.74, 6) is 0.838. The van der Waals surface area contributed by atoms with Crippen LogP contribution in [0.25, 0.3) is 10.9 Å². The van der Waals surface area contributed by atoms with Crippen LogP contribution in [0.4, 0.5) is 0 Å². The van der Waals surface area contributed by atoms with E-state index in [1.165, 1.54) is 0 Å². The number of nitrogens with zero attached hydrogens (tertiary/aromatic N) is 2. The second kappa shape index (κ2) is 3.53. The molecule has 0 saturated carbocycles. The number of hydrogen-bond donors (Lipinski definition) is 0. The van der Waals surface area contributed by atoms with Crippen LogP contribution in [0.3, 0.4) is 0 Å².